The van der Waals surface area contributed by atoms with Crippen LogP contribution in [0.25, 0.3) is 11.0 Å². The Kier molecular flexibility index (Phi) is 3.23. The average molecular weight is 278 g/mol. The molecule has 3 aromatic rings. The summed E-state index contributed by atoms with van der Waals surface area (Å²) in [5.74, 6) is -0.171. The van der Waals surface area contributed by atoms with E-state index in [1.807, 2.05) is 19.1 Å². The summed E-state index contributed by atoms with van der Waals surface area (Å²) in [5.41, 5.74) is 10.00. The number of anilines is 2. The number of nitrogens with zero attached hydrogens (tertiary/aromatic N) is 2. The Labute approximate surface area is 121 Å². The van der Waals surface area contributed by atoms with Crippen molar-refractivity contribution in [1.29, 1.82) is 0 Å². The Hall–Kier alpha value is -2.95. The molecular formula is C16H14N4O. The van der Waals surface area contributed by atoms with Crippen LogP contribution in [0.1, 0.15) is 15.9 Å². The van der Waals surface area contributed by atoms with Gasteiger partial charge < -0.3 is 11.1 Å². The van der Waals surface area contributed by atoms with E-state index in [-0.39, 0.29) is 5.91 Å². The van der Waals surface area contributed by atoms with Gasteiger partial charge in [0.2, 0.25) is 0 Å². The lowest BCUT2D eigenvalue weighted by atomic mass is 10.1. The first-order valence-corrected chi connectivity index (χ1v) is 6.52. The fourth-order valence-electron chi connectivity index (χ4n) is 2.18. The second-order valence-electron chi connectivity index (χ2n) is 4.79. The SMILES string of the molecule is Cc1cc(N)ccc1C(=O)Nc1ccc2nccnc2c1. The van der Waals surface area contributed by atoms with Crippen LogP contribution >= 0.6 is 0 Å². The van der Waals surface area contributed by atoms with Crippen molar-refractivity contribution in [3.8, 4) is 0 Å². The van der Waals surface area contributed by atoms with Crippen LogP contribution in [-0.4, -0.2) is 15.9 Å². The number of hydrogen-bond donors (Lipinski definition) is 2. The molecule has 3 N–H and O–H groups in total. The number of nitrogens with two attached hydrogens (primary N) is 1. The monoisotopic (exact) mass is 278 g/mol. The van der Waals surface area contributed by atoms with Crippen molar-refractivity contribution < 1.29 is 4.79 Å². The number of hydrogen-bond acceptors (Lipinski definition) is 4. The molecular weight excluding hydrogens is 264 g/mol. The predicted molar refractivity (Wildman–Crippen MR) is 83.1 cm³/mol. The van der Waals surface area contributed by atoms with E-state index in [1.165, 1.54) is 0 Å². The molecule has 0 saturated carbocycles. The molecule has 1 amide bonds. The molecule has 0 spiro atoms. The molecule has 21 heavy (non-hydrogen) atoms. The Bertz CT molecular complexity index is 829. The largest absolute Gasteiger partial charge is 0.399 e. The topological polar surface area (TPSA) is 80.9 Å². The van der Waals surface area contributed by atoms with Crippen molar-refractivity contribution in [3.63, 3.8) is 0 Å². The number of benzene rings is 2. The molecule has 5 heteroatoms. The highest BCUT2D eigenvalue weighted by molar-refractivity contribution is 6.06. The molecule has 0 radical (unpaired) electrons. The van der Waals surface area contributed by atoms with Crippen molar-refractivity contribution in [2.45, 2.75) is 6.92 Å². The van der Waals surface area contributed by atoms with Crippen LogP contribution in [0.15, 0.2) is 48.8 Å². The Morgan fingerprint density at radius 1 is 1.05 bits per heavy atom. The van der Waals surface area contributed by atoms with Gasteiger partial charge in [0.1, 0.15) is 0 Å². The Morgan fingerprint density at radius 2 is 1.81 bits per heavy atom. The standard InChI is InChI=1S/C16H14N4O/c1-10-8-11(17)2-4-13(10)16(21)20-12-3-5-14-15(9-12)19-7-6-18-14/h2-9H,17H2,1H3,(H,20,21). The van der Waals surface area contributed by atoms with E-state index in [4.69, 9.17) is 5.73 Å². The first-order chi connectivity index (χ1) is 10.1. The number of carbonyl (C=O) groups is 1. The summed E-state index contributed by atoms with van der Waals surface area (Å²) < 4.78 is 0. The molecule has 5 nitrogen and oxygen atoms in total. The van der Waals surface area contributed by atoms with E-state index in [2.05, 4.69) is 15.3 Å². The maximum absolute atomic E-state index is 12.3. The zero-order chi connectivity index (χ0) is 14.8. The van der Waals surface area contributed by atoms with Crippen molar-refractivity contribution >= 4 is 28.3 Å². The number of nitrogen functional groups attached to an aromatic ring is 1. The number of rotatable bonds is 2. The third-order valence-corrected chi connectivity index (χ3v) is 3.22. The molecule has 0 bridgehead atoms. The van der Waals surface area contributed by atoms with E-state index < -0.39 is 0 Å². The number of aromatic nitrogens is 2. The molecule has 0 aliphatic rings. The van der Waals surface area contributed by atoms with Crippen molar-refractivity contribution in [1.82, 2.24) is 9.97 Å². The summed E-state index contributed by atoms with van der Waals surface area (Å²) in [7, 11) is 0. The number of amides is 1. The predicted octanol–water partition coefficient (Wildman–Crippen LogP) is 2.77. The summed E-state index contributed by atoms with van der Waals surface area (Å²) in [5, 5.41) is 2.86. The zero-order valence-corrected chi connectivity index (χ0v) is 11.5. The average Bonchev–Trinajstić information content (AvgIpc) is 2.47. The fourth-order valence-corrected chi connectivity index (χ4v) is 2.18. The van der Waals surface area contributed by atoms with Gasteiger partial charge in [0.15, 0.2) is 0 Å². The van der Waals surface area contributed by atoms with Gasteiger partial charge >= 0.3 is 0 Å². The second kappa shape index (κ2) is 5.20. The molecule has 104 valence electrons. The minimum atomic E-state index is -0.171. The number of carbonyl (C=O) groups excluding carboxylic acids is 1. The molecule has 0 fully saturated rings. The van der Waals surface area contributed by atoms with Crippen molar-refractivity contribution in [3.05, 3.63) is 59.9 Å². The summed E-state index contributed by atoms with van der Waals surface area (Å²) in [6.45, 7) is 1.86. The Balaban J connectivity index is 1.89. The normalized spacial score (nSPS) is 10.5. The van der Waals surface area contributed by atoms with Gasteiger partial charge in [-0.15, -0.1) is 0 Å². The summed E-state index contributed by atoms with van der Waals surface area (Å²) >= 11 is 0. The van der Waals surface area contributed by atoms with E-state index in [1.54, 1.807) is 36.7 Å². The van der Waals surface area contributed by atoms with Crippen LogP contribution < -0.4 is 11.1 Å². The van der Waals surface area contributed by atoms with Crippen LogP contribution in [-0.2, 0) is 0 Å². The lowest BCUT2D eigenvalue weighted by Gasteiger charge is -2.08. The maximum Gasteiger partial charge on any atom is 0.255 e. The van der Waals surface area contributed by atoms with Gasteiger partial charge in [-0.05, 0) is 48.9 Å². The van der Waals surface area contributed by atoms with Crippen LogP contribution in [0.2, 0.25) is 0 Å². The van der Waals surface area contributed by atoms with Gasteiger partial charge in [-0.1, -0.05) is 0 Å². The highest BCUT2D eigenvalue weighted by Gasteiger charge is 2.10. The van der Waals surface area contributed by atoms with Gasteiger partial charge in [0.25, 0.3) is 5.91 Å². The van der Waals surface area contributed by atoms with Gasteiger partial charge in [-0.3, -0.25) is 14.8 Å². The summed E-state index contributed by atoms with van der Waals surface area (Å²) in [4.78, 5) is 20.7. The molecule has 3 rings (SSSR count). The highest BCUT2D eigenvalue weighted by atomic mass is 16.1. The summed E-state index contributed by atoms with van der Waals surface area (Å²) in [6, 6.07) is 10.7. The number of fused-ring (bicyclic) bond motifs is 1. The molecule has 0 saturated heterocycles. The minimum absolute atomic E-state index is 0.171. The smallest absolute Gasteiger partial charge is 0.255 e. The van der Waals surface area contributed by atoms with Gasteiger partial charge in [0.05, 0.1) is 11.0 Å². The first-order valence-electron chi connectivity index (χ1n) is 6.52. The fraction of sp³-hybridized carbons (Fsp3) is 0.0625. The molecule has 2 aromatic carbocycles. The van der Waals surface area contributed by atoms with E-state index >= 15 is 0 Å². The minimum Gasteiger partial charge on any atom is -0.399 e. The van der Waals surface area contributed by atoms with E-state index in [0.717, 1.165) is 16.6 Å². The van der Waals surface area contributed by atoms with E-state index in [9.17, 15) is 4.79 Å². The highest BCUT2D eigenvalue weighted by Crippen LogP contribution is 2.18. The molecule has 1 aromatic heterocycles. The van der Waals surface area contributed by atoms with Crippen molar-refractivity contribution in [2.24, 2.45) is 0 Å². The van der Waals surface area contributed by atoms with Gasteiger partial charge in [0, 0.05) is 29.3 Å². The lowest BCUT2D eigenvalue weighted by molar-refractivity contribution is 0.102. The third kappa shape index (κ3) is 2.67. The molecule has 0 aliphatic heterocycles. The van der Waals surface area contributed by atoms with Crippen LogP contribution in [0.5, 0.6) is 0 Å². The van der Waals surface area contributed by atoms with Crippen LogP contribution in [0.3, 0.4) is 0 Å². The summed E-state index contributed by atoms with van der Waals surface area (Å²) in [6.07, 6.45) is 3.26. The first kappa shape index (κ1) is 13.1. The molecule has 0 aliphatic carbocycles. The maximum atomic E-state index is 12.3. The van der Waals surface area contributed by atoms with Crippen LogP contribution in [0.4, 0.5) is 11.4 Å². The lowest BCUT2D eigenvalue weighted by Crippen LogP contribution is -2.13. The number of aryl methyl sites for hydroxylation is 1. The second-order valence-corrected chi connectivity index (χ2v) is 4.79. The van der Waals surface area contributed by atoms with Crippen LogP contribution in [0, 0.1) is 6.92 Å². The Morgan fingerprint density at radius 3 is 2.57 bits per heavy atom. The molecule has 0 unspecified atom stereocenters. The third-order valence-electron chi connectivity index (χ3n) is 3.22. The quantitative estimate of drug-likeness (QED) is 0.706. The molecule has 0 atom stereocenters. The number of nitrogens with one attached hydrogen (secondary N) is 1. The van der Waals surface area contributed by atoms with Gasteiger partial charge in [-0.25, -0.2) is 0 Å². The van der Waals surface area contributed by atoms with Gasteiger partial charge in [-0.2, -0.15) is 0 Å². The van der Waals surface area contributed by atoms with Crippen molar-refractivity contribution in [2.75, 3.05) is 11.1 Å². The zero-order valence-electron chi connectivity index (χ0n) is 11.5. The van der Waals surface area contributed by atoms with E-state index in [0.29, 0.717) is 16.9 Å². The molecule has 1 heterocycles.